The Labute approximate surface area is 62.4 Å². The molecule has 1 radical (unpaired) electrons. The summed E-state index contributed by atoms with van der Waals surface area (Å²) >= 11 is 0. The van der Waals surface area contributed by atoms with Gasteiger partial charge in [-0.05, 0) is 12.8 Å². The molecule has 49 valence electrons. The zero-order valence-electron chi connectivity index (χ0n) is 4.58. The van der Waals surface area contributed by atoms with Gasteiger partial charge in [0.1, 0.15) is 0 Å². The van der Waals surface area contributed by atoms with E-state index >= 15 is 0 Å². The molecule has 0 aromatic carbocycles. The van der Waals surface area contributed by atoms with Gasteiger partial charge in [0.15, 0.2) is 0 Å². The van der Waals surface area contributed by atoms with Crippen molar-refractivity contribution in [1.29, 1.82) is 0 Å². The van der Waals surface area contributed by atoms with E-state index in [1.807, 2.05) is 0 Å². The molecule has 1 aliphatic heterocycles. The summed E-state index contributed by atoms with van der Waals surface area (Å²) < 4.78 is 4.94. The molecule has 0 spiro atoms. The second-order valence-corrected chi connectivity index (χ2v) is 1.32. The Kier molecular flexibility index (Phi) is 14.3. The number of hydrogen-bond donors (Lipinski definition) is 0. The standard InChI is InChI=1S/C4H8O.CHO.Ru/c1-2-4-5-3-1;1-2;/h1-4H2;1H;/q;-1;+1. The van der Waals surface area contributed by atoms with Crippen molar-refractivity contribution >= 4 is 6.79 Å². The molecule has 2 nitrogen and oxygen atoms in total. The number of carbonyl (C=O) groups excluding carboxylic acids is 1. The Morgan fingerprint density at radius 3 is 1.62 bits per heavy atom. The maximum atomic E-state index is 7.75. The molecule has 0 aromatic rings. The van der Waals surface area contributed by atoms with Gasteiger partial charge in [-0.2, -0.15) is 0 Å². The molecule has 1 fully saturated rings. The van der Waals surface area contributed by atoms with Crippen molar-refractivity contribution in [2.24, 2.45) is 0 Å². The smallest absolute Gasteiger partial charge is 0.545 e. The number of hydrogen-bond acceptors (Lipinski definition) is 2. The summed E-state index contributed by atoms with van der Waals surface area (Å²) in [5.41, 5.74) is 0. The third-order valence-corrected chi connectivity index (χ3v) is 0.827. The van der Waals surface area contributed by atoms with Crippen LogP contribution in [-0.4, -0.2) is 20.0 Å². The largest absolute Gasteiger partial charge is 1.00 e. The Morgan fingerprint density at radius 2 is 1.50 bits per heavy atom. The van der Waals surface area contributed by atoms with Crippen molar-refractivity contribution in [2.75, 3.05) is 13.2 Å². The van der Waals surface area contributed by atoms with Crippen LogP contribution in [0.2, 0.25) is 0 Å². The van der Waals surface area contributed by atoms with Crippen LogP contribution in [0.15, 0.2) is 0 Å². The molecular weight excluding hydrogens is 193 g/mol. The summed E-state index contributed by atoms with van der Waals surface area (Å²) in [5, 5.41) is 0. The maximum Gasteiger partial charge on any atom is 1.00 e. The zero-order chi connectivity index (χ0) is 5.54. The van der Waals surface area contributed by atoms with Crippen LogP contribution < -0.4 is 0 Å². The molecule has 1 aliphatic rings. The third-order valence-electron chi connectivity index (χ3n) is 0.827. The van der Waals surface area contributed by atoms with Gasteiger partial charge in [0, 0.05) is 13.2 Å². The molecule has 3 heteroatoms. The molecule has 0 bridgehead atoms. The van der Waals surface area contributed by atoms with Gasteiger partial charge >= 0.3 is 19.5 Å². The quantitative estimate of drug-likeness (QED) is 0.325. The summed E-state index contributed by atoms with van der Waals surface area (Å²) in [6, 6.07) is 0. The predicted octanol–water partition coefficient (Wildman–Crippen LogP) is 0.520. The Hall–Kier alpha value is 0.253. The maximum absolute atomic E-state index is 7.75. The van der Waals surface area contributed by atoms with Gasteiger partial charge in [-0.25, -0.2) is 0 Å². The van der Waals surface area contributed by atoms with E-state index in [2.05, 4.69) is 6.79 Å². The van der Waals surface area contributed by atoms with E-state index < -0.39 is 0 Å². The van der Waals surface area contributed by atoms with E-state index in [-0.39, 0.29) is 19.5 Å². The van der Waals surface area contributed by atoms with Gasteiger partial charge in [-0.1, -0.05) is 0 Å². The first-order valence-electron chi connectivity index (χ1n) is 2.31. The summed E-state index contributed by atoms with van der Waals surface area (Å²) in [6.07, 6.45) is 2.56. The fourth-order valence-electron chi connectivity index (χ4n) is 0.510. The van der Waals surface area contributed by atoms with Crippen LogP contribution in [-0.2, 0) is 29.0 Å². The first kappa shape index (κ1) is 11.1. The summed E-state index contributed by atoms with van der Waals surface area (Å²) in [4.78, 5) is 7.75. The van der Waals surface area contributed by atoms with Crippen LogP contribution in [0.5, 0.6) is 0 Å². The van der Waals surface area contributed by atoms with Gasteiger partial charge in [-0.15, -0.1) is 0 Å². The fourth-order valence-corrected chi connectivity index (χ4v) is 0.510. The monoisotopic (exact) mass is 203 g/mol. The second kappa shape index (κ2) is 10.3. The molecule has 0 amide bonds. The fraction of sp³-hybridized carbons (Fsp3) is 0.800. The molecule has 0 N–H and O–H groups in total. The van der Waals surface area contributed by atoms with Gasteiger partial charge in [0.2, 0.25) is 0 Å². The molecule has 8 heavy (non-hydrogen) atoms. The zero-order valence-corrected chi connectivity index (χ0v) is 6.31. The van der Waals surface area contributed by atoms with Crippen molar-refractivity contribution in [3.05, 3.63) is 0 Å². The van der Waals surface area contributed by atoms with Crippen molar-refractivity contribution in [1.82, 2.24) is 0 Å². The predicted molar refractivity (Wildman–Crippen MR) is 26.8 cm³/mol. The topological polar surface area (TPSA) is 26.3 Å². The molecule has 0 aromatic heterocycles. The van der Waals surface area contributed by atoms with Crippen molar-refractivity contribution in [2.45, 2.75) is 12.8 Å². The SMILES string of the molecule is C1CCOC1.[CH-]=O.[Ru+]. The van der Waals surface area contributed by atoms with E-state index in [4.69, 9.17) is 9.53 Å². The van der Waals surface area contributed by atoms with Gasteiger partial charge < -0.3 is 9.53 Å². The van der Waals surface area contributed by atoms with Crippen LogP contribution in [0.3, 0.4) is 0 Å². The second-order valence-electron chi connectivity index (χ2n) is 1.32. The van der Waals surface area contributed by atoms with Crippen LogP contribution in [0.4, 0.5) is 0 Å². The number of rotatable bonds is 0. The molecular formula is C5H9O2Ru. The molecule has 0 unspecified atom stereocenters. The molecule has 1 saturated heterocycles. The summed E-state index contributed by atoms with van der Waals surface area (Å²) in [5.74, 6) is 0. The normalized spacial score (nSPS) is 15.5. The van der Waals surface area contributed by atoms with Crippen LogP contribution in [0, 0.1) is 0 Å². The molecule has 1 rings (SSSR count). The minimum Gasteiger partial charge on any atom is -0.545 e. The van der Waals surface area contributed by atoms with Gasteiger partial charge in [0.05, 0.1) is 0 Å². The van der Waals surface area contributed by atoms with Gasteiger partial charge in [0.25, 0.3) is 0 Å². The van der Waals surface area contributed by atoms with Crippen molar-refractivity contribution in [3.63, 3.8) is 0 Å². The van der Waals surface area contributed by atoms with Crippen molar-refractivity contribution in [3.8, 4) is 0 Å². The van der Waals surface area contributed by atoms with Gasteiger partial charge in [-0.3, -0.25) is 6.79 Å². The Morgan fingerprint density at radius 1 is 1.12 bits per heavy atom. The summed E-state index contributed by atoms with van der Waals surface area (Å²) in [7, 11) is 0. The van der Waals surface area contributed by atoms with Crippen LogP contribution >= 0.6 is 0 Å². The van der Waals surface area contributed by atoms with E-state index in [9.17, 15) is 0 Å². The first-order chi connectivity index (χ1) is 3.50. The Balaban J connectivity index is 0. The van der Waals surface area contributed by atoms with Crippen molar-refractivity contribution < 1.29 is 29.0 Å². The molecule has 1 heterocycles. The minimum atomic E-state index is 0. The van der Waals surface area contributed by atoms with E-state index in [1.165, 1.54) is 12.8 Å². The molecule has 0 saturated carbocycles. The summed E-state index contributed by atoms with van der Waals surface area (Å²) in [6.45, 7) is 5.25. The number of ether oxygens (including phenoxy) is 1. The minimum absolute atomic E-state index is 0. The molecule has 0 aliphatic carbocycles. The van der Waals surface area contributed by atoms with Crippen LogP contribution in [0.1, 0.15) is 12.8 Å². The van der Waals surface area contributed by atoms with E-state index in [0.717, 1.165) is 13.2 Å². The molecule has 0 atom stereocenters. The van der Waals surface area contributed by atoms with E-state index in [0.29, 0.717) is 0 Å². The average molecular weight is 202 g/mol. The Bertz CT molecular complexity index is 29.8. The average Bonchev–Trinajstić information content (AvgIpc) is 2.23. The third kappa shape index (κ3) is 6.25. The first-order valence-corrected chi connectivity index (χ1v) is 2.31. The van der Waals surface area contributed by atoms with E-state index in [1.54, 1.807) is 0 Å². The van der Waals surface area contributed by atoms with Crippen LogP contribution in [0.25, 0.3) is 0 Å².